The molecular weight excluding hydrogens is 256 g/mol. The largest absolute Gasteiger partial charge is 0.497 e. The summed E-state index contributed by atoms with van der Waals surface area (Å²) < 4.78 is 5.09. The maximum Gasteiger partial charge on any atom is 0.306 e. The summed E-state index contributed by atoms with van der Waals surface area (Å²) in [6.45, 7) is 1.44. The molecule has 4 heteroatoms. The summed E-state index contributed by atoms with van der Waals surface area (Å²) in [6.07, 6.45) is 3.35. The summed E-state index contributed by atoms with van der Waals surface area (Å²) in [5.41, 5.74) is 1.21. The highest BCUT2D eigenvalue weighted by atomic mass is 16.5. The molecule has 0 heterocycles. The van der Waals surface area contributed by atoms with Gasteiger partial charge >= 0.3 is 5.97 Å². The van der Waals surface area contributed by atoms with Crippen LogP contribution in [0.15, 0.2) is 24.3 Å². The van der Waals surface area contributed by atoms with E-state index < -0.39 is 11.9 Å². The van der Waals surface area contributed by atoms with E-state index in [1.54, 1.807) is 7.11 Å². The van der Waals surface area contributed by atoms with Crippen LogP contribution >= 0.6 is 0 Å². The summed E-state index contributed by atoms with van der Waals surface area (Å²) in [4.78, 5) is 22.0. The van der Waals surface area contributed by atoms with Crippen LogP contribution in [0, 0.1) is 5.92 Å². The van der Waals surface area contributed by atoms with E-state index in [4.69, 9.17) is 9.84 Å². The third-order valence-electron chi connectivity index (χ3n) is 3.31. The van der Waals surface area contributed by atoms with Crippen molar-refractivity contribution in [2.45, 2.75) is 39.0 Å². The lowest BCUT2D eigenvalue weighted by molar-refractivity contribution is -0.143. The smallest absolute Gasteiger partial charge is 0.306 e. The molecule has 0 aliphatic carbocycles. The summed E-state index contributed by atoms with van der Waals surface area (Å²) in [5.74, 6) is -0.637. The van der Waals surface area contributed by atoms with Gasteiger partial charge in [0.05, 0.1) is 13.0 Å². The summed E-state index contributed by atoms with van der Waals surface area (Å²) in [7, 11) is 1.63. The number of hydrogen-bond acceptors (Lipinski definition) is 3. The van der Waals surface area contributed by atoms with Crippen molar-refractivity contribution in [1.29, 1.82) is 0 Å². The highest BCUT2D eigenvalue weighted by Gasteiger charge is 2.18. The first-order valence-corrected chi connectivity index (χ1v) is 6.88. The predicted octanol–water partition coefficient (Wildman–Crippen LogP) is 3.09. The Kier molecular flexibility index (Phi) is 6.77. The zero-order valence-electron chi connectivity index (χ0n) is 12.1. The average Bonchev–Trinajstić information content (AvgIpc) is 2.42. The van der Waals surface area contributed by atoms with Gasteiger partial charge in [0.2, 0.25) is 0 Å². The molecule has 1 rings (SSSR count). The van der Waals surface area contributed by atoms with Crippen molar-refractivity contribution in [1.82, 2.24) is 0 Å². The molecule has 0 saturated heterocycles. The van der Waals surface area contributed by atoms with Gasteiger partial charge in [-0.25, -0.2) is 0 Å². The van der Waals surface area contributed by atoms with Gasteiger partial charge in [0.15, 0.2) is 0 Å². The molecule has 1 atom stereocenters. The monoisotopic (exact) mass is 278 g/mol. The molecule has 0 unspecified atom stereocenters. The van der Waals surface area contributed by atoms with Crippen LogP contribution in [-0.4, -0.2) is 24.0 Å². The number of Topliss-reactive ketones (excluding diaryl/α,β-unsaturated/α-hetero) is 1. The Morgan fingerprint density at radius 2 is 1.85 bits per heavy atom. The molecule has 20 heavy (non-hydrogen) atoms. The first kappa shape index (κ1) is 16.2. The number of carbonyl (C=O) groups excluding carboxylic acids is 1. The van der Waals surface area contributed by atoms with Crippen LogP contribution < -0.4 is 4.74 Å². The first-order chi connectivity index (χ1) is 9.52. The third-order valence-corrected chi connectivity index (χ3v) is 3.31. The fourth-order valence-electron chi connectivity index (χ4n) is 2.17. The van der Waals surface area contributed by atoms with E-state index in [0.29, 0.717) is 6.42 Å². The highest BCUT2D eigenvalue weighted by Crippen LogP contribution is 2.17. The van der Waals surface area contributed by atoms with Gasteiger partial charge < -0.3 is 14.6 Å². The molecule has 1 aromatic rings. The van der Waals surface area contributed by atoms with Crippen molar-refractivity contribution in [3.63, 3.8) is 0 Å². The molecule has 4 nitrogen and oxygen atoms in total. The van der Waals surface area contributed by atoms with E-state index in [2.05, 4.69) is 0 Å². The molecule has 0 aliphatic rings. The van der Waals surface area contributed by atoms with Gasteiger partial charge in [-0.1, -0.05) is 18.6 Å². The van der Waals surface area contributed by atoms with Gasteiger partial charge in [-0.2, -0.15) is 0 Å². The molecule has 0 radical (unpaired) electrons. The molecule has 1 N–H and O–H groups in total. The standard InChI is InChI=1S/C16H22O4/c1-12(17)11-14(16(18)19)6-4-3-5-13-7-9-15(20-2)10-8-13/h7-10,14H,3-6,11H2,1-2H3,(H,18,19)/t14-/m1/s1. The number of rotatable bonds is 9. The van der Waals surface area contributed by atoms with Crippen molar-refractivity contribution in [3.05, 3.63) is 29.8 Å². The maximum atomic E-state index is 11.0. The zero-order chi connectivity index (χ0) is 15.0. The number of benzene rings is 1. The fraction of sp³-hybridized carbons (Fsp3) is 0.500. The normalized spacial score (nSPS) is 11.9. The Hall–Kier alpha value is -1.84. The second-order valence-electron chi connectivity index (χ2n) is 5.04. The number of carboxylic acids is 1. The number of methoxy groups -OCH3 is 1. The number of carboxylic acid groups (broad SMARTS) is 1. The Labute approximate surface area is 119 Å². The summed E-state index contributed by atoms with van der Waals surface area (Å²) in [5, 5.41) is 9.03. The van der Waals surface area contributed by atoms with E-state index in [1.165, 1.54) is 12.5 Å². The quantitative estimate of drug-likeness (QED) is 0.705. The SMILES string of the molecule is COc1ccc(CCCC[C@H](CC(C)=O)C(=O)O)cc1. The number of unbranched alkanes of at least 4 members (excludes halogenated alkanes) is 1. The Morgan fingerprint density at radius 3 is 2.35 bits per heavy atom. The number of ether oxygens (including phenoxy) is 1. The van der Waals surface area contributed by atoms with E-state index in [0.717, 1.165) is 25.0 Å². The van der Waals surface area contributed by atoms with Gasteiger partial charge in [0.1, 0.15) is 11.5 Å². The van der Waals surface area contributed by atoms with Gasteiger partial charge in [-0.3, -0.25) is 4.79 Å². The minimum absolute atomic E-state index is 0.0624. The number of ketones is 1. The first-order valence-electron chi connectivity index (χ1n) is 6.88. The van der Waals surface area contributed by atoms with Crippen molar-refractivity contribution < 1.29 is 19.4 Å². The Bertz CT molecular complexity index is 436. The predicted molar refractivity (Wildman–Crippen MR) is 77.0 cm³/mol. The topological polar surface area (TPSA) is 63.6 Å². The van der Waals surface area contributed by atoms with Crippen molar-refractivity contribution >= 4 is 11.8 Å². The molecular formula is C16H22O4. The van der Waals surface area contributed by atoms with Crippen molar-refractivity contribution in [2.24, 2.45) is 5.92 Å². The molecule has 1 aromatic carbocycles. The second-order valence-corrected chi connectivity index (χ2v) is 5.04. The highest BCUT2D eigenvalue weighted by molar-refractivity contribution is 5.81. The average molecular weight is 278 g/mol. The van der Waals surface area contributed by atoms with Crippen LogP contribution in [0.25, 0.3) is 0 Å². The van der Waals surface area contributed by atoms with Gasteiger partial charge in [0.25, 0.3) is 0 Å². The van der Waals surface area contributed by atoms with Crippen molar-refractivity contribution in [2.75, 3.05) is 7.11 Å². The van der Waals surface area contributed by atoms with Crippen LogP contribution in [0.4, 0.5) is 0 Å². The van der Waals surface area contributed by atoms with Gasteiger partial charge in [-0.15, -0.1) is 0 Å². The molecule has 110 valence electrons. The zero-order valence-corrected chi connectivity index (χ0v) is 12.1. The minimum Gasteiger partial charge on any atom is -0.497 e. The lowest BCUT2D eigenvalue weighted by Crippen LogP contribution is -2.16. The van der Waals surface area contributed by atoms with Crippen LogP contribution in [0.2, 0.25) is 0 Å². The van der Waals surface area contributed by atoms with Crippen LogP contribution in [0.3, 0.4) is 0 Å². The van der Waals surface area contributed by atoms with Crippen molar-refractivity contribution in [3.8, 4) is 5.75 Å². The molecule has 0 fully saturated rings. The van der Waals surface area contributed by atoms with Crippen LogP contribution in [0.1, 0.15) is 38.2 Å². The molecule has 0 spiro atoms. The van der Waals surface area contributed by atoms with E-state index >= 15 is 0 Å². The third kappa shape index (κ3) is 5.87. The van der Waals surface area contributed by atoms with E-state index in [9.17, 15) is 9.59 Å². The maximum absolute atomic E-state index is 11.0. The summed E-state index contributed by atoms with van der Waals surface area (Å²) >= 11 is 0. The lowest BCUT2D eigenvalue weighted by Gasteiger charge is -2.10. The fourth-order valence-corrected chi connectivity index (χ4v) is 2.17. The van der Waals surface area contributed by atoms with E-state index in [1.807, 2.05) is 24.3 Å². The summed E-state index contributed by atoms with van der Waals surface area (Å²) in [6, 6.07) is 7.88. The molecule has 0 bridgehead atoms. The van der Waals surface area contributed by atoms with Gasteiger partial charge in [-0.05, 0) is 43.9 Å². The molecule has 0 aliphatic heterocycles. The molecule has 0 saturated carbocycles. The van der Waals surface area contributed by atoms with Crippen LogP contribution in [-0.2, 0) is 16.0 Å². The van der Waals surface area contributed by atoms with Gasteiger partial charge in [0, 0.05) is 6.42 Å². The Morgan fingerprint density at radius 1 is 1.20 bits per heavy atom. The van der Waals surface area contributed by atoms with Crippen LogP contribution in [0.5, 0.6) is 5.75 Å². The lowest BCUT2D eigenvalue weighted by atomic mass is 9.95. The number of aryl methyl sites for hydroxylation is 1. The molecule has 0 amide bonds. The minimum atomic E-state index is -0.871. The van der Waals surface area contributed by atoms with E-state index in [-0.39, 0.29) is 12.2 Å². The number of aliphatic carboxylic acids is 1. The number of hydrogen-bond donors (Lipinski definition) is 1. The second kappa shape index (κ2) is 8.35. The number of carbonyl (C=O) groups is 2. The molecule has 0 aromatic heterocycles. The Balaban J connectivity index is 2.32.